The summed E-state index contributed by atoms with van der Waals surface area (Å²) in [5.41, 5.74) is 11.1. The summed E-state index contributed by atoms with van der Waals surface area (Å²) in [6.45, 7) is 15.9. The molecule has 4 aliphatic rings. The number of ether oxygens (including phenoxy) is 8. The van der Waals surface area contributed by atoms with Gasteiger partial charge in [0.15, 0.2) is 10.8 Å². The van der Waals surface area contributed by atoms with Gasteiger partial charge in [-0.3, -0.25) is 48.5 Å². The standard InChI is InChI=1S/C84H112N14O19S/c1-7-83(54-98-57(5)64(50-88-98)62-21-22-69(92-75(62)79(106)107)96-30-25-60-12-10-13-63(65(60)51-96)76(103)94-81-91-66-14-8-9-16-68(66)118-81)48-59-46-56(4)47-84(49-59,53-83)117-45-44-115-41-38-112-35-32-95(6)82(109)116-52-58-17-19-61(20-18-58)89-77(104)67(15-11-28-87-80(85)108)90-78(105)74(55(2)3)93-71(100)27-33-110-36-39-113-42-43-114-40-37-111-34-29-86-70(99)26-31-97-72(101)23-24-73(97)102/h8-10,12-14,16-24,50,55-56,59,67,74H,7,11,15,25-49,51-54H2,1-6H3,(H,86,99)(H,89,104)(H,90,105)(H,93,100)(H,106,107)(H3,85,87,108)(H,91,94,103)/t56?,59?,67-,74-,83?,84?/m0/s1. The van der Waals surface area contributed by atoms with E-state index in [0.717, 1.165) is 70.5 Å². The molecule has 10 rings (SSSR count). The summed E-state index contributed by atoms with van der Waals surface area (Å²) >= 11 is 1.42. The second kappa shape index (κ2) is 44.5. The summed E-state index contributed by atoms with van der Waals surface area (Å²) in [7, 11) is 1.61. The molecule has 0 spiro atoms. The minimum Gasteiger partial charge on any atom is -0.476 e. The first-order valence-electron chi connectivity index (χ1n) is 40.5. The van der Waals surface area contributed by atoms with Crippen LogP contribution < -0.4 is 42.5 Å². The van der Waals surface area contributed by atoms with Gasteiger partial charge in [-0.1, -0.05) is 75.4 Å². The second-order valence-corrected chi connectivity index (χ2v) is 31.8. The highest BCUT2D eigenvalue weighted by atomic mass is 32.1. The van der Waals surface area contributed by atoms with Crippen LogP contribution in [0.2, 0.25) is 0 Å². The van der Waals surface area contributed by atoms with Crippen LogP contribution in [-0.2, 0) is 92.8 Å². The van der Waals surface area contributed by atoms with Crippen LogP contribution in [0.3, 0.4) is 0 Å². The number of nitrogens with one attached hydrogen (secondary N) is 6. The van der Waals surface area contributed by atoms with Crippen LogP contribution in [0.25, 0.3) is 21.3 Å². The van der Waals surface area contributed by atoms with Gasteiger partial charge in [0.1, 0.15) is 24.5 Å². The van der Waals surface area contributed by atoms with E-state index in [1.54, 1.807) is 51.4 Å². The van der Waals surface area contributed by atoms with Crippen LogP contribution in [0, 0.1) is 30.1 Å². The molecule has 2 aliphatic carbocycles. The van der Waals surface area contributed by atoms with E-state index in [9.17, 15) is 53.1 Å². The summed E-state index contributed by atoms with van der Waals surface area (Å²) < 4.78 is 49.4. The Morgan fingerprint density at radius 3 is 2.12 bits per heavy atom. The Morgan fingerprint density at radius 1 is 0.729 bits per heavy atom. The normalized spacial score (nSPS) is 18.1. The smallest absolute Gasteiger partial charge is 0.409 e. The van der Waals surface area contributed by atoms with E-state index in [1.807, 2.05) is 71.1 Å². The first-order valence-corrected chi connectivity index (χ1v) is 41.3. The molecule has 9 N–H and O–H groups in total. The van der Waals surface area contributed by atoms with Crippen molar-refractivity contribution in [2.24, 2.45) is 28.9 Å². The third-order valence-corrected chi connectivity index (χ3v) is 22.5. The molecule has 118 heavy (non-hydrogen) atoms. The lowest BCUT2D eigenvalue weighted by atomic mass is 9.56. The van der Waals surface area contributed by atoms with E-state index in [-0.39, 0.29) is 133 Å². The number of urea groups is 1. The lowest BCUT2D eigenvalue weighted by Gasteiger charge is -2.55. The number of rotatable bonds is 48. The Balaban J connectivity index is 0.590. The van der Waals surface area contributed by atoms with Gasteiger partial charge in [-0.2, -0.15) is 5.10 Å². The van der Waals surface area contributed by atoms with Crippen molar-refractivity contribution in [1.82, 2.24) is 50.8 Å². The number of carboxylic acids is 1. The Hall–Kier alpha value is -10.3. The summed E-state index contributed by atoms with van der Waals surface area (Å²) in [6.07, 6.45) is 10.4. The van der Waals surface area contributed by atoms with Crippen molar-refractivity contribution in [1.29, 1.82) is 0 Å². The minimum atomic E-state index is -1.14. The van der Waals surface area contributed by atoms with Gasteiger partial charge in [-0.25, -0.2) is 24.4 Å². The fourth-order valence-electron chi connectivity index (χ4n) is 15.7. The number of fused-ring (bicyclic) bond motifs is 4. The van der Waals surface area contributed by atoms with Crippen LogP contribution in [0.15, 0.2) is 97.2 Å². The fraction of sp³-hybridized carbons (Fsp3) is 0.536. The van der Waals surface area contributed by atoms with Gasteiger partial charge in [0.05, 0.1) is 108 Å². The zero-order valence-electron chi connectivity index (χ0n) is 68.2. The molecule has 3 aromatic heterocycles. The summed E-state index contributed by atoms with van der Waals surface area (Å²) in [4.78, 5) is 141. The molecule has 6 aromatic rings. The number of carbonyl (C=O) groups is 10. The highest BCUT2D eigenvalue weighted by molar-refractivity contribution is 7.22. The highest BCUT2D eigenvalue weighted by Gasteiger charge is 2.52. The number of amides is 10. The maximum Gasteiger partial charge on any atom is 0.409 e. The van der Waals surface area contributed by atoms with E-state index in [1.165, 1.54) is 28.4 Å². The van der Waals surface area contributed by atoms with E-state index in [2.05, 4.69) is 50.7 Å². The number of carbonyl (C=O) groups excluding carboxylic acids is 9. The summed E-state index contributed by atoms with van der Waals surface area (Å²) in [6, 6.07) is 21.0. The number of primary amides is 1. The molecule has 2 aliphatic heterocycles. The van der Waals surface area contributed by atoms with E-state index in [4.69, 9.17) is 53.7 Å². The van der Waals surface area contributed by atoms with Gasteiger partial charge in [-0.15, -0.1) is 0 Å². The van der Waals surface area contributed by atoms with Crippen molar-refractivity contribution in [2.45, 2.75) is 143 Å². The Labute approximate surface area is 690 Å². The van der Waals surface area contributed by atoms with E-state index >= 15 is 0 Å². The SMILES string of the molecule is CCC1(Cn2ncc(-c3ccc(N4CCc5cccc(C(=O)Nc6nc7ccccc7s6)c5C4)nc3C(=O)O)c2C)CC2CC(C)CC(OCCOCCOCCN(C)C(=O)OCc3ccc(NC(=O)[C@H](CCCNC(N)=O)NC(=O)[C@@H](NC(=O)CCOCCOCCOCCOCCNC(=O)CCN4C(=O)C=CC4=O)C(C)C)cc3)(C2)C1. The molecule has 2 saturated carbocycles. The van der Waals surface area contributed by atoms with E-state index in [0.29, 0.717) is 123 Å². The Kier molecular flexibility index (Phi) is 33.9. The van der Waals surface area contributed by atoms with Crippen molar-refractivity contribution in [2.75, 3.05) is 141 Å². The van der Waals surface area contributed by atoms with Gasteiger partial charge < -0.3 is 85.1 Å². The number of carboxylic acid groups (broad SMARTS) is 1. The second-order valence-electron chi connectivity index (χ2n) is 30.7. The van der Waals surface area contributed by atoms with Gasteiger partial charge >= 0.3 is 18.1 Å². The van der Waals surface area contributed by atoms with Crippen LogP contribution in [0.4, 0.5) is 26.2 Å². The molecule has 34 heteroatoms. The number of anilines is 3. The Bertz CT molecular complexity index is 4410. The Morgan fingerprint density at radius 2 is 1.42 bits per heavy atom. The van der Waals surface area contributed by atoms with Crippen molar-refractivity contribution >= 4 is 97.6 Å². The highest BCUT2D eigenvalue weighted by Crippen LogP contribution is 2.56. The molecule has 0 radical (unpaired) electrons. The van der Waals surface area contributed by atoms with Gasteiger partial charge in [0.25, 0.3) is 17.7 Å². The lowest BCUT2D eigenvalue weighted by molar-refractivity contribution is -0.164. The number of likely N-dealkylation sites (N-methyl/N-ethyl adjacent to an activating group) is 1. The van der Waals surface area contributed by atoms with Crippen LogP contribution in [0.5, 0.6) is 0 Å². The van der Waals surface area contributed by atoms with E-state index < -0.39 is 59.7 Å². The summed E-state index contributed by atoms with van der Waals surface area (Å²) in [5, 5.41) is 32.7. The molecule has 4 unspecified atom stereocenters. The maximum atomic E-state index is 13.8. The number of aromatic nitrogens is 4. The van der Waals surface area contributed by atoms with Crippen LogP contribution in [0.1, 0.15) is 135 Å². The molecule has 10 amide bonds. The number of pyridine rings is 1. The molecule has 5 heterocycles. The van der Waals surface area contributed by atoms with Crippen molar-refractivity contribution in [3.05, 3.63) is 131 Å². The number of para-hydroxylation sites is 1. The number of hydrogen-bond donors (Lipinski definition) is 8. The maximum absolute atomic E-state index is 13.8. The quantitative estimate of drug-likeness (QED) is 0.0133. The molecule has 0 saturated heterocycles. The van der Waals surface area contributed by atoms with Crippen molar-refractivity contribution in [3.63, 3.8) is 0 Å². The average Bonchev–Trinajstić information content (AvgIpc) is 1.19. The molecule has 2 bridgehead atoms. The third-order valence-electron chi connectivity index (χ3n) is 21.6. The average molecular weight is 1650 g/mol. The zero-order valence-corrected chi connectivity index (χ0v) is 69.0. The first kappa shape index (κ1) is 90.0. The van der Waals surface area contributed by atoms with Gasteiger partial charge in [-0.05, 0) is 147 Å². The largest absolute Gasteiger partial charge is 0.476 e. The number of aromatic carboxylic acids is 1. The predicted molar refractivity (Wildman–Crippen MR) is 439 cm³/mol. The number of nitrogens with zero attached hydrogens (tertiary/aromatic N) is 7. The van der Waals surface area contributed by atoms with Crippen LogP contribution >= 0.6 is 11.3 Å². The van der Waals surface area contributed by atoms with Gasteiger partial charge in [0, 0.05) is 106 Å². The minimum absolute atomic E-state index is 0.00367. The predicted octanol–water partition coefficient (Wildman–Crippen LogP) is 7.96. The zero-order chi connectivity index (χ0) is 84.1. The topological polar surface area (TPSA) is 416 Å². The summed E-state index contributed by atoms with van der Waals surface area (Å²) in [5.74, 6) is -3.05. The molecule has 33 nitrogen and oxygen atoms in total. The lowest BCUT2D eigenvalue weighted by Crippen LogP contribution is -2.54. The molecular weight excluding hydrogens is 1540 g/mol. The van der Waals surface area contributed by atoms with Gasteiger partial charge in [0.2, 0.25) is 23.6 Å². The third kappa shape index (κ3) is 26.3. The number of thiazole rings is 1. The van der Waals surface area contributed by atoms with Crippen molar-refractivity contribution in [3.8, 4) is 11.1 Å². The monoisotopic (exact) mass is 1650 g/mol. The molecule has 638 valence electrons. The van der Waals surface area contributed by atoms with Crippen molar-refractivity contribution < 1.29 is 90.9 Å². The number of hydrogen-bond acceptors (Lipinski definition) is 23. The first-order chi connectivity index (χ1) is 56.9. The molecule has 3 aromatic carbocycles. The molecular formula is C84H112N14O19S. The number of benzene rings is 3. The fourth-order valence-corrected chi connectivity index (χ4v) is 16.5. The molecule has 6 atom stereocenters. The van der Waals surface area contributed by atoms with Crippen LogP contribution in [-0.4, -0.2) is 237 Å². The number of imide groups is 1. The molecule has 2 fully saturated rings. The number of nitrogens with two attached hydrogens (primary N) is 1.